The minimum absolute atomic E-state index is 0.0248. The molecule has 0 aromatic heterocycles. The molecular formula is C24H28N2O4. The number of carbonyl (C=O) groups is 2. The number of methoxy groups -OCH3 is 1. The van der Waals surface area contributed by atoms with Gasteiger partial charge in [0.2, 0.25) is 11.8 Å². The van der Waals surface area contributed by atoms with Crippen LogP contribution in [0.15, 0.2) is 54.6 Å². The lowest BCUT2D eigenvalue weighted by Gasteiger charge is -2.25. The van der Waals surface area contributed by atoms with Crippen LogP contribution in [0.4, 0.5) is 0 Å². The van der Waals surface area contributed by atoms with Crippen LogP contribution in [0.1, 0.15) is 24.0 Å². The fourth-order valence-electron chi connectivity index (χ4n) is 4.48. The summed E-state index contributed by atoms with van der Waals surface area (Å²) in [5.74, 6) is 0.944. The van der Waals surface area contributed by atoms with Gasteiger partial charge in [0, 0.05) is 19.5 Å². The molecule has 6 nitrogen and oxygen atoms in total. The van der Waals surface area contributed by atoms with E-state index < -0.39 is 0 Å². The molecule has 0 spiro atoms. The Morgan fingerprint density at radius 1 is 1.03 bits per heavy atom. The Labute approximate surface area is 177 Å². The summed E-state index contributed by atoms with van der Waals surface area (Å²) >= 11 is 0. The van der Waals surface area contributed by atoms with Crippen molar-refractivity contribution in [2.45, 2.75) is 38.0 Å². The monoisotopic (exact) mass is 408 g/mol. The largest absolute Gasteiger partial charge is 0.497 e. The Hall–Kier alpha value is -2.86. The van der Waals surface area contributed by atoms with E-state index in [9.17, 15) is 9.59 Å². The van der Waals surface area contributed by atoms with E-state index in [0.29, 0.717) is 26.1 Å². The highest BCUT2D eigenvalue weighted by atomic mass is 16.5. The maximum atomic E-state index is 12.7. The fourth-order valence-corrected chi connectivity index (χ4v) is 4.48. The number of carbonyl (C=O) groups excluding carboxylic acids is 2. The Morgan fingerprint density at radius 2 is 1.80 bits per heavy atom. The van der Waals surface area contributed by atoms with E-state index in [1.807, 2.05) is 64.4 Å². The van der Waals surface area contributed by atoms with Crippen molar-refractivity contribution in [2.24, 2.45) is 0 Å². The molecule has 2 aromatic carbocycles. The van der Waals surface area contributed by atoms with E-state index in [1.54, 1.807) is 7.11 Å². The van der Waals surface area contributed by atoms with Gasteiger partial charge in [-0.2, -0.15) is 0 Å². The van der Waals surface area contributed by atoms with Crippen molar-refractivity contribution in [3.63, 3.8) is 0 Å². The van der Waals surface area contributed by atoms with Gasteiger partial charge < -0.3 is 19.3 Å². The van der Waals surface area contributed by atoms with Crippen molar-refractivity contribution < 1.29 is 19.1 Å². The van der Waals surface area contributed by atoms with Crippen molar-refractivity contribution in [1.29, 1.82) is 0 Å². The van der Waals surface area contributed by atoms with Crippen LogP contribution in [0.5, 0.6) is 5.75 Å². The summed E-state index contributed by atoms with van der Waals surface area (Å²) in [5, 5.41) is 0. The zero-order valence-electron chi connectivity index (χ0n) is 17.3. The first kappa shape index (κ1) is 20.4. The van der Waals surface area contributed by atoms with Gasteiger partial charge in [-0.15, -0.1) is 0 Å². The van der Waals surface area contributed by atoms with Gasteiger partial charge in [-0.05, 0) is 36.1 Å². The first-order valence-corrected chi connectivity index (χ1v) is 10.5. The minimum atomic E-state index is -0.0267. The number of nitrogens with zero attached hydrogens (tertiary/aromatic N) is 2. The molecule has 0 radical (unpaired) electrons. The van der Waals surface area contributed by atoms with Gasteiger partial charge in [0.15, 0.2) is 0 Å². The second-order valence-electron chi connectivity index (χ2n) is 7.88. The van der Waals surface area contributed by atoms with Crippen molar-refractivity contribution >= 4 is 11.8 Å². The van der Waals surface area contributed by atoms with Gasteiger partial charge in [0.1, 0.15) is 12.4 Å². The van der Waals surface area contributed by atoms with E-state index in [4.69, 9.17) is 9.47 Å². The van der Waals surface area contributed by atoms with Crippen LogP contribution in [0.25, 0.3) is 0 Å². The first-order chi connectivity index (χ1) is 14.7. The van der Waals surface area contributed by atoms with E-state index in [-0.39, 0.29) is 30.5 Å². The van der Waals surface area contributed by atoms with Gasteiger partial charge in [0.05, 0.1) is 25.8 Å². The standard InChI is InChI=1S/C24H28N2O4/c1-29-20-9-7-18(8-10-20)11-13-25-21-12-14-26(22(21)15-23(25)27)24(28)17-30-16-19-5-3-2-4-6-19/h2-10,21-22H,11-17H2,1H3/t21-,22-/m0/s1. The molecule has 2 aliphatic rings. The third-order valence-corrected chi connectivity index (χ3v) is 6.07. The maximum Gasteiger partial charge on any atom is 0.248 e. The highest BCUT2D eigenvalue weighted by Crippen LogP contribution is 2.32. The summed E-state index contributed by atoms with van der Waals surface area (Å²) in [5.41, 5.74) is 2.22. The normalized spacial score (nSPS) is 20.5. The van der Waals surface area contributed by atoms with Crippen LogP contribution in [0.2, 0.25) is 0 Å². The smallest absolute Gasteiger partial charge is 0.248 e. The van der Waals surface area contributed by atoms with Crippen LogP contribution in [0, 0.1) is 0 Å². The third kappa shape index (κ3) is 4.49. The van der Waals surface area contributed by atoms with Gasteiger partial charge in [-0.1, -0.05) is 42.5 Å². The predicted molar refractivity (Wildman–Crippen MR) is 113 cm³/mol. The van der Waals surface area contributed by atoms with E-state index >= 15 is 0 Å². The zero-order chi connectivity index (χ0) is 20.9. The van der Waals surface area contributed by atoms with Crippen molar-refractivity contribution in [3.8, 4) is 5.75 Å². The average molecular weight is 408 g/mol. The minimum Gasteiger partial charge on any atom is -0.497 e. The van der Waals surface area contributed by atoms with Crippen LogP contribution >= 0.6 is 0 Å². The fraction of sp³-hybridized carbons (Fsp3) is 0.417. The Kier molecular flexibility index (Phi) is 6.33. The average Bonchev–Trinajstić information content (AvgIpc) is 3.31. The lowest BCUT2D eigenvalue weighted by atomic mass is 10.1. The topological polar surface area (TPSA) is 59.1 Å². The number of amides is 2. The molecule has 0 N–H and O–H groups in total. The van der Waals surface area contributed by atoms with Gasteiger partial charge in [0.25, 0.3) is 0 Å². The predicted octanol–water partition coefficient (Wildman–Crippen LogP) is 2.66. The highest BCUT2D eigenvalue weighted by Gasteiger charge is 2.47. The number of likely N-dealkylation sites (tertiary alicyclic amines) is 2. The number of hydrogen-bond acceptors (Lipinski definition) is 4. The molecule has 2 fully saturated rings. The second kappa shape index (κ2) is 9.30. The van der Waals surface area contributed by atoms with Gasteiger partial charge in [-0.3, -0.25) is 9.59 Å². The molecule has 2 amide bonds. The van der Waals surface area contributed by atoms with Gasteiger partial charge >= 0.3 is 0 Å². The molecule has 2 heterocycles. The van der Waals surface area contributed by atoms with E-state index in [1.165, 1.54) is 5.56 Å². The number of hydrogen-bond donors (Lipinski definition) is 0. The molecule has 2 saturated heterocycles. The van der Waals surface area contributed by atoms with Crippen LogP contribution in [-0.2, 0) is 27.4 Å². The van der Waals surface area contributed by atoms with Crippen molar-refractivity contribution in [1.82, 2.24) is 9.80 Å². The van der Waals surface area contributed by atoms with Crippen LogP contribution < -0.4 is 4.74 Å². The van der Waals surface area contributed by atoms with Crippen LogP contribution in [-0.4, -0.2) is 60.5 Å². The molecule has 2 atom stereocenters. The summed E-state index contributed by atoms with van der Waals surface area (Å²) in [4.78, 5) is 29.1. The number of fused-ring (bicyclic) bond motifs is 1. The Balaban J connectivity index is 1.29. The molecular weight excluding hydrogens is 380 g/mol. The van der Waals surface area contributed by atoms with Gasteiger partial charge in [-0.25, -0.2) is 0 Å². The van der Waals surface area contributed by atoms with Crippen LogP contribution in [0.3, 0.4) is 0 Å². The SMILES string of the molecule is COc1ccc(CCN2C(=O)C[C@H]3[C@@H]2CCN3C(=O)COCc2ccccc2)cc1. The van der Waals surface area contributed by atoms with E-state index in [0.717, 1.165) is 24.2 Å². The zero-order valence-corrected chi connectivity index (χ0v) is 17.3. The molecule has 30 heavy (non-hydrogen) atoms. The quantitative estimate of drug-likeness (QED) is 0.674. The lowest BCUT2D eigenvalue weighted by molar-refractivity contribution is -0.137. The summed E-state index contributed by atoms with van der Waals surface area (Å²) in [6, 6.07) is 17.9. The molecule has 0 aliphatic carbocycles. The second-order valence-corrected chi connectivity index (χ2v) is 7.88. The molecule has 158 valence electrons. The molecule has 4 rings (SSSR count). The number of rotatable bonds is 8. The summed E-state index contributed by atoms with van der Waals surface area (Å²) < 4.78 is 10.8. The molecule has 0 unspecified atom stereocenters. The Bertz CT molecular complexity index is 869. The molecule has 2 aliphatic heterocycles. The highest BCUT2D eigenvalue weighted by molar-refractivity contribution is 5.84. The summed E-state index contributed by atoms with van der Waals surface area (Å²) in [6.07, 6.45) is 2.05. The first-order valence-electron chi connectivity index (χ1n) is 10.5. The number of ether oxygens (including phenoxy) is 2. The third-order valence-electron chi connectivity index (χ3n) is 6.07. The summed E-state index contributed by atoms with van der Waals surface area (Å²) in [6.45, 7) is 1.84. The van der Waals surface area contributed by atoms with E-state index in [2.05, 4.69) is 0 Å². The molecule has 0 saturated carbocycles. The number of benzene rings is 2. The summed E-state index contributed by atoms with van der Waals surface area (Å²) in [7, 11) is 1.65. The Morgan fingerprint density at radius 3 is 2.53 bits per heavy atom. The molecule has 0 bridgehead atoms. The van der Waals surface area contributed by atoms with Crippen molar-refractivity contribution in [3.05, 3.63) is 65.7 Å². The molecule has 2 aromatic rings. The van der Waals surface area contributed by atoms with Crippen molar-refractivity contribution in [2.75, 3.05) is 26.8 Å². The maximum absolute atomic E-state index is 12.7. The molecule has 6 heteroatoms. The lowest BCUT2D eigenvalue weighted by Crippen LogP contribution is -2.41.